The Kier molecular flexibility index (Phi) is 5.53. The molecule has 2 rings (SSSR count). The van der Waals surface area contributed by atoms with E-state index in [1.54, 1.807) is 19.2 Å². The minimum absolute atomic E-state index is 0.106. The standard InChI is InChI=1S/C16H22N4O3/c1-12-10-18(11-13(2)19(12)6-7-23-3)15-4-5-16(20(21)22)14(8-15)9-17/h4-5,8,12-13H,6-7,10-11H2,1-3H3/t12-,13+. The van der Waals surface area contributed by atoms with Crippen LogP contribution in [0.15, 0.2) is 18.2 Å². The Labute approximate surface area is 136 Å². The van der Waals surface area contributed by atoms with E-state index in [4.69, 9.17) is 10.00 Å². The minimum Gasteiger partial charge on any atom is -0.383 e. The molecule has 1 fully saturated rings. The van der Waals surface area contributed by atoms with Gasteiger partial charge in [0.1, 0.15) is 11.6 Å². The van der Waals surface area contributed by atoms with Gasteiger partial charge in [-0.2, -0.15) is 5.26 Å². The van der Waals surface area contributed by atoms with E-state index >= 15 is 0 Å². The van der Waals surface area contributed by atoms with Crippen LogP contribution in [0.3, 0.4) is 0 Å². The summed E-state index contributed by atoms with van der Waals surface area (Å²) < 4.78 is 5.16. The van der Waals surface area contributed by atoms with Gasteiger partial charge in [0, 0.05) is 50.6 Å². The van der Waals surface area contributed by atoms with Crippen molar-refractivity contribution in [3.63, 3.8) is 0 Å². The van der Waals surface area contributed by atoms with Crippen LogP contribution < -0.4 is 4.90 Å². The zero-order chi connectivity index (χ0) is 17.0. The first kappa shape index (κ1) is 17.2. The first-order valence-electron chi connectivity index (χ1n) is 7.66. The van der Waals surface area contributed by atoms with Crippen molar-refractivity contribution < 1.29 is 9.66 Å². The average molecular weight is 318 g/mol. The predicted octanol–water partition coefficient (Wildman–Crippen LogP) is 2.01. The highest BCUT2D eigenvalue weighted by Gasteiger charge is 2.29. The third-order valence-corrected chi connectivity index (χ3v) is 4.32. The molecule has 0 radical (unpaired) electrons. The Hall–Kier alpha value is -2.17. The Morgan fingerprint density at radius 1 is 1.39 bits per heavy atom. The molecule has 0 saturated carbocycles. The summed E-state index contributed by atoms with van der Waals surface area (Å²) in [4.78, 5) is 15.0. The number of benzene rings is 1. The van der Waals surface area contributed by atoms with E-state index in [2.05, 4.69) is 23.6 Å². The van der Waals surface area contributed by atoms with Gasteiger partial charge in [0.05, 0.1) is 11.5 Å². The van der Waals surface area contributed by atoms with Crippen LogP contribution >= 0.6 is 0 Å². The molecule has 0 spiro atoms. The molecule has 7 nitrogen and oxygen atoms in total. The van der Waals surface area contributed by atoms with E-state index in [0.717, 1.165) is 25.3 Å². The molecule has 1 saturated heterocycles. The fourth-order valence-corrected chi connectivity index (χ4v) is 3.17. The van der Waals surface area contributed by atoms with E-state index in [0.29, 0.717) is 18.7 Å². The van der Waals surface area contributed by atoms with Gasteiger partial charge >= 0.3 is 0 Å². The molecule has 0 aliphatic carbocycles. The molecule has 124 valence electrons. The number of hydrogen-bond donors (Lipinski definition) is 0. The highest BCUT2D eigenvalue weighted by Crippen LogP contribution is 2.27. The van der Waals surface area contributed by atoms with Crippen LogP contribution in [-0.4, -0.2) is 55.3 Å². The minimum atomic E-state index is -0.518. The molecule has 2 atom stereocenters. The monoisotopic (exact) mass is 318 g/mol. The lowest BCUT2D eigenvalue weighted by Crippen LogP contribution is -2.57. The number of anilines is 1. The number of nitro groups is 1. The summed E-state index contributed by atoms with van der Waals surface area (Å²) in [7, 11) is 1.70. The zero-order valence-corrected chi connectivity index (χ0v) is 13.7. The Morgan fingerprint density at radius 2 is 2.04 bits per heavy atom. The number of nitro benzene ring substituents is 1. The van der Waals surface area contributed by atoms with Gasteiger partial charge in [0.15, 0.2) is 0 Å². The molecule has 0 amide bonds. The third-order valence-electron chi connectivity index (χ3n) is 4.32. The van der Waals surface area contributed by atoms with Gasteiger partial charge in [-0.25, -0.2) is 0 Å². The van der Waals surface area contributed by atoms with Gasteiger partial charge in [0.25, 0.3) is 5.69 Å². The first-order chi connectivity index (χ1) is 11.0. The van der Waals surface area contributed by atoms with E-state index in [-0.39, 0.29) is 11.3 Å². The number of hydrogen-bond acceptors (Lipinski definition) is 6. The second-order valence-corrected chi connectivity index (χ2v) is 5.90. The molecular formula is C16H22N4O3. The Balaban J connectivity index is 2.18. The topological polar surface area (TPSA) is 82.6 Å². The maximum Gasteiger partial charge on any atom is 0.287 e. The van der Waals surface area contributed by atoms with Crippen molar-refractivity contribution in [2.24, 2.45) is 0 Å². The molecule has 1 heterocycles. The second kappa shape index (κ2) is 7.40. The summed E-state index contributed by atoms with van der Waals surface area (Å²) >= 11 is 0. The SMILES string of the molecule is COCCN1[C@H](C)CN(c2ccc([N+](=O)[O-])c(C#N)c2)C[C@@H]1C. The summed E-state index contributed by atoms with van der Waals surface area (Å²) in [6.07, 6.45) is 0. The molecule has 1 aromatic carbocycles. The second-order valence-electron chi connectivity index (χ2n) is 5.90. The maximum absolute atomic E-state index is 10.9. The van der Waals surface area contributed by atoms with E-state index in [9.17, 15) is 10.1 Å². The van der Waals surface area contributed by atoms with Crippen molar-refractivity contribution in [3.8, 4) is 6.07 Å². The van der Waals surface area contributed by atoms with Crippen LogP contribution in [0.1, 0.15) is 19.4 Å². The van der Waals surface area contributed by atoms with Crippen LogP contribution in [-0.2, 0) is 4.74 Å². The Morgan fingerprint density at radius 3 is 2.57 bits per heavy atom. The lowest BCUT2D eigenvalue weighted by Gasteiger charge is -2.45. The van der Waals surface area contributed by atoms with E-state index in [1.807, 2.05) is 6.07 Å². The van der Waals surface area contributed by atoms with E-state index in [1.165, 1.54) is 6.07 Å². The van der Waals surface area contributed by atoms with Crippen molar-refractivity contribution in [3.05, 3.63) is 33.9 Å². The third kappa shape index (κ3) is 3.78. The number of rotatable bonds is 5. The van der Waals surface area contributed by atoms with Gasteiger partial charge in [-0.05, 0) is 26.0 Å². The molecule has 1 aliphatic rings. The highest BCUT2D eigenvalue weighted by molar-refractivity contribution is 5.60. The van der Waals surface area contributed by atoms with Crippen molar-refractivity contribution >= 4 is 11.4 Å². The summed E-state index contributed by atoms with van der Waals surface area (Å²) in [6.45, 7) is 7.54. The smallest absolute Gasteiger partial charge is 0.287 e. The number of piperazine rings is 1. The molecule has 0 N–H and O–H groups in total. The lowest BCUT2D eigenvalue weighted by molar-refractivity contribution is -0.385. The van der Waals surface area contributed by atoms with Crippen LogP contribution in [0.2, 0.25) is 0 Å². The lowest BCUT2D eigenvalue weighted by atomic mass is 10.1. The average Bonchev–Trinajstić information content (AvgIpc) is 2.53. The fraction of sp³-hybridized carbons (Fsp3) is 0.562. The molecule has 7 heteroatoms. The van der Waals surface area contributed by atoms with Gasteiger partial charge in [-0.1, -0.05) is 0 Å². The molecule has 0 unspecified atom stereocenters. The number of nitriles is 1. The van der Waals surface area contributed by atoms with Gasteiger partial charge < -0.3 is 9.64 Å². The first-order valence-corrected chi connectivity index (χ1v) is 7.66. The Bertz CT molecular complexity index is 602. The van der Waals surface area contributed by atoms with Gasteiger partial charge in [-0.15, -0.1) is 0 Å². The van der Waals surface area contributed by atoms with Gasteiger partial charge in [0.2, 0.25) is 0 Å². The molecule has 0 bridgehead atoms. The van der Waals surface area contributed by atoms with Crippen molar-refractivity contribution in [2.45, 2.75) is 25.9 Å². The summed E-state index contributed by atoms with van der Waals surface area (Å²) in [5.41, 5.74) is 0.822. The zero-order valence-electron chi connectivity index (χ0n) is 13.7. The highest BCUT2D eigenvalue weighted by atomic mass is 16.6. The summed E-state index contributed by atoms with van der Waals surface area (Å²) in [5.74, 6) is 0. The number of methoxy groups -OCH3 is 1. The molecule has 1 aliphatic heterocycles. The van der Waals surface area contributed by atoms with Crippen LogP contribution in [0.25, 0.3) is 0 Å². The summed E-state index contributed by atoms with van der Waals surface area (Å²) in [5, 5.41) is 20.1. The van der Waals surface area contributed by atoms with Crippen LogP contribution in [0.5, 0.6) is 0 Å². The van der Waals surface area contributed by atoms with Crippen molar-refractivity contribution in [2.75, 3.05) is 38.3 Å². The number of ether oxygens (including phenoxy) is 1. The van der Waals surface area contributed by atoms with Gasteiger partial charge in [-0.3, -0.25) is 15.0 Å². The van der Waals surface area contributed by atoms with Crippen LogP contribution in [0, 0.1) is 21.4 Å². The normalized spacial score (nSPS) is 21.9. The van der Waals surface area contributed by atoms with E-state index < -0.39 is 4.92 Å². The van der Waals surface area contributed by atoms with Crippen molar-refractivity contribution in [1.82, 2.24) is 4.90 Å². The quantitative estimate of drug-likeness (QED) is 0.610. The fourth-order valence-electron chi connectivity index (χ4n) is 3.17. The molecule has 23 heavy (non-hydrogen) atoms. The molecule has 0 aromatic heterocycles. The predicted molar refractivity (Wildman–Crippen MR) is 87.5 cm³/mol. The largest absolute Gasteiger partial charge is 0.383 e. The summed E-state index contributed by atoms with van der Waals surface area (Å²) in [6, 6.07) is 7.36. The number of nitrogens with zero attached hydrogens (tertiary/aromatic N) is 4. The van der Waals surface area contributed by atoms with Crippen molar-refractivity contribution in [1.29, 1.82) is 5.26 Å². The molecule has 1 aromatic rings. The van der Waals surface area contributed by atoms with Crippen LogP contribution in [0.4, 0.5) is 11.4 Å². The molecular weight excluding hydrogens is 296 g/mol. The maximum atomic E-state index is 10.9.